The number of hydrogen-bond donors (Lipinski definition) is 4. The van der Waals surface area contributed by atoms with E-state index in [0.717, 1.165) is 51.4 Å². The standard InChI is InChI=1S/C32H57NO5/c1-27(2,36)13-9-14-32(8,37)20-10-16-31(7)26(20)21(34)18-23-29(5)15-12-24(38-25(35)19-33)28(3,4)22(29)11-17-30(23,31)6/h20-24,26,34,36-37H,9-19,33H2,1-8H3/t20?,21-,22?,23?,24+,26?,29+,30-,31-,32-/m1/s1. The van der Waals surface area contributed by atoms with Crippen LogP contribution in [-0.4, -0.2) is 51.2 Å². The van der Waals surface area contributed by atoms with Crippen LogP contribution < -0.4 is 5.73 Å². The third kappa shape index (κ3) is 4.67. The molecule has 4 rings (SSSR count). The van der Waals surface area contributed by atoms with Crippen molar-refractivity contribution in [2.24, 2.45) is 51.1 Å². The van der Waals surface area contributed by atoms with E-state index in [0.29, 0.717) is 24.7 Å². The summed E-state index contributed by atoms with van der Waals surface area (Å²) in [5.74, 6) is 0.620. The highest BCUT2D eigenvalue weighted by Crippen LogP contribution is 2.75. The van der Waals surface area contributed by atoms with Crippen molar-refractivity contribution in [3.05, 3.63) is 0 Å². The van der Waals surface area contributed by atoms with Gasteiger partial charge >= 0.3 is 5.97 Å². The molecule has 10 atom stereocenters. The van der Waals surface area contributed by atoms with Crippen molar-refractivity contribution in [1.29, 1.82) is 0 Å². The van der Waals surface area contributed by atoms with E-state index < -0.39 is 17.3 Å². The van der Waals surface area contributed by atoms with Crippen LogP contribution in [0.3, 0.4) is 0 Å². The molecular formula is C32H57NO5. The molecule has 0 spiro atoms. The van der Waals surface area contributed by atoms with Gasteiger partial charge in [-0.15, -0.1) is 0 Å². The summed E-state index contributed by atoms with van der Waals surface area (Å²) < 4.78 is 5.87. The molecule has 0 aliphatic heterocycles. The van der Waals surface area contributed by atoms with Gasteiger partial charge < -0.3 is 25.8 Å². The van der Waals surface area contributed by atoms with Crippen molar-refractivity contribution in [2.45, 2.75) is 143 Å². The lowest BCUT2D eigenvalue weighted by Gasteiger charge is -2.70. The quantitative estimate of drug-likeness (QED) is 0.333. The topological polar surface area (TPSA) is 113 Å². The summed E-state index contributed by atoms with van der Waals surface area (Å²) in [5.41, 5.74) is 3.94. The molecule has 0 radical (unpaired) electrons. The Labute approximate surface area is 231 Å². The average Bonchev–Trinajstić information content (AvgIpc) is 3.17. The summed E-state index contributed by atoms with van der Waals surface area (Å²) in [4.78, 5) is 12.1. The summed E-state index contributed by atoms with van der Waals surface area (Å²) in [6.07, 6.45) is 8.33. The predicted molar refractivity (Wildman–Crippen MR) is 150 cm³/mol. The van der Waals surface area contributed by atoms with Crippen LogP contribution in [0.5, 0.6) is 0 Å². The molecule has 0 bridgehead atoms. The third-order valence-electron chi connectivity index (χ3n) is 13.0. The van der Waals surface area contributed by atoms with Gasteiger partial charge in [-0.25, -0.2) is 0 Å². The fourth-order valence-corrected chi connectivity index (χ4v) is 10.9. The first-order chi connectivity index (χ1) is 17.3. The fraction of sp³-hybridized carbons (Fsp3) is 0.969. The SMILES string of the molecule is CC(C)(O)CCC[C@@](C)(O)C1CC[C@]2(C)C1[C@H](O)CC1[C@@]3(C)CC[C@H](OC(=O)CN)C(C)(C)C3CC[C@]12C. The minimum Gasteiger partial charge on any atom is -0.461 e. The molecule has 6 nitrogen and oxygen atoms in total. The fourth-order valence-electron chi connectivity index (χ4n) is 10.9. The third-order valence-corrected chi connectivity index (χ3v) is 13.0. The van der Waals surface area contributed by atoms with Crippen LogP contribution in [0, 0.1) is 45.3 Å². The van der Waals surface area contributed by atoms with Gasteiger partial charge in [0.05, 0.1) is 23.9 Å². The Hall–Kier alpha value is -0.690. The smallest absolute Gasteiger partial charge is 0.319 e. The number of hydrogen-bond acceptors (Lipinski definition) is 6. The first-order valence-electron chi connectivity index (χ1n) is 15.4. The molecule has 4 fully saturated rings. The second-order valence-electron chi connectivity index (χ2n) is 16.0. The Morgan fingerprint density at radius 3 is 2.16 bits per heavy atom. The number of carbonyl (C=O) groups excluding carboxylic acids is 1. The number of nitrogens with two attached hydrogens (primary N) is 1. The number of carbonyl (C=O) groups is 1. The van der Waals surface area contributed by atoms with Gasteiger partial charge in [0.2, 0.25) is 0 Å². The Kier molecular flexibility index (Phi) is 7.73. The highest BCUT2D eigenvalue weighted by Gasteiger charge is 2.71. The second kappa shape index (κ2) is 9.70. The minimum absolute atomic E-state index is 0.0405. The van der Waals surface area contributed by atoms with E-state index >= 15 is 0 Å². The monoisotopic (exact) mass is 535 g/mol. The molecule has 5 N–H and O–H groups in total. The molecule has 220 valence electrons. The molecule has 4 aliphatic rings. The Balaban J connectivity index is 1.60. The zero-order valence-corrected chi connectivity index (χ0v) is 25.5. The van der Waals surface area contributed by atoms with E-state index in [1.807, 2.05) is 20.8 Å². The van der Waals surface area contributed by atoms with E-state index in [-0.39, 0.29) is 52.1 Å². The lowest BCUT2D eigenvalue weighted by atomic mass is 9.35. The van der Waals surface area contributed by atoms with Gasteiger partial charge in [0.15, 0.2) is 0 Å². The van der Waals surface area contributed by atoms with Gasteiger partial charge in [0.25, 0.3) is 0 Å². The van der Waals surface area contributed by atoms with Gasteiger partial charge in [-0.05, 0) is 125 Å². The first kappa shape index (κ1) is 30.3. The Bertz CT molecular complexity index is 895. The van der Waals surface area contributed by atoms with Crippen LogP contribution in [0.4, 0.5) is 0 Å². The molecule has 0 aromatic carbocycles. The van der Waals surface area contributed by atoms with Gasteiger partial charge in [0.1, 0.15) is 6.10 Å². The van der Waals surface area contributed by atoms with Crippen molar-refractivity contribution in [3.63, 3.8) is 0 Å². The molecule has 0 aromatic rings. The van der Waals surface area contributed by atoms with Crippen LogP contribution in [0.1, 0.15) is 120 Å². The maximum Gasteiger partial charge on any atom is 0.319 e. The molecule has 0 aromatic heterocycles. The predicted octanol–water partition coefficient (Wildman–Crippen LogP) is 5.21. The van der Waals surface area contributed by atoms with Crippen LogP contribution in [0.2, 0.25) is 0 Å². The van der Waals surface area contributed by atoms with Gasteiger partial charge in [-0.1, -0.05) is 34.6 Å². The largest absolute Gasteiger partial charge is 0.461 e. The number of aliphatic hydroxyl groups excluding tert-OH is 1. The summed E-state index contributed by atoms with van der Waals surface area (Å²) in [7, 11) is 0. The lowest BCUT2D eigenvalue weighted by Crippen LogP contribution is -2.66. The van der Waals surface area contributed by atoms with Crippen molar-refractivity contribution in [2.75, 3.05) is 6.54 Å². The Morgan fingerprint density at radius 2 is 1.55 bits per heavy atom. The molecule has 0 heterocycles. The molecule has 6 heteroatoms. The number of rotatable bonds is 7. The first-order valence-corrected chi connectivity index (χ1v) is 15.4. The summed E-state index contributed by atoms with van der Waals surface area (Å²) in [5, 5.41) is 33.8. The van der Waals surface area contributed by atoms with E-state index in [2.05, 4.69) is 34.6 Å². The molecule has 38 heavy (non-hydrogen) atoms. The maximum atomic E-state index is 12.1. The summed E-state index contributed by atoms with van der Waals surface area (Å²) in [6.45, 7) is 17.5. The van der Waals surface area contributed by atoms with Gasteiger partial charge in [-0.2, -0.15) is 0 Å². The number of esters is 1. The van der Waals surface area contributed by atoms with Crippen molar-refractivity contribution in [1.82, 2.24) is 0 Å². The van der Waals surface area contributed by atoms with Gasteiger partial charge in [-0.3, -0.25) is 4.79 Å². The van der Waals surface area contributed by atoms with E-state index in [9.17, 15) is 20.1 Å². The Morgan fingerprint density at radius 1 is 0.921 bits per heavy atom. The highest BCUT2D eigenvalue weighted by atomic mass is 16.5. The van der Waals surface area contributed by atoms with Crippen molar-refractivity contribution in [3.8, 4) is 0 Å². The van der Waals surface area contributed by atoms with Crippen LogP contribution in [0.25, 0.3) is 0 Å². The maximum absolute atomic E-state index is 12.1. The zero-order chi connectivity index (χ0) is 28.5. The van der Waals surface area contributed by atoms with Gasteiger partial charge in [0, 0.05) is 5.41 Å². The van der Waals surface area contributed by atoms with E-state index in [1.165, 1.54) is 0 Å². The number of aliphatic hydroxyl groups is 3. The van der Waals surface area contributed by atoms with Crippen LogP contribution in [-0.2, 0) is 9.53 Å². The van der Waals surface area contributed by atoms with Crippen LogP contribution in [0.15, 0.2) is 0 Å². The van der Waals surface area contributed by atoms with Crippen molar-refractivity contribution < 1.29 is 24.9 Å². The van der Waals surface area contributed by atoms with Crippen LogP contribution >= 0.6 is 0 Å². The number of fused-ring (bicyclic) bond motifs is 5. The summed E-state index contributed by atoms with van der Waals surface area (Å²) in [6, 6.07) is 0. The molecule has 0 amide bonds. The molecular weight excluding hydrogens is 478 g/mol. The average molecular weight is 536 g/mol. The van der Waals surface area contributed by atoms with Crippen molar-refractivity contribution >= 4 is 5.97 Å². The minimum atomic E-state index is -0.855. The molecule has 4 unspecified atom stereocenters. The molecule has 4 saturated carbocycles. The normalized spacial score (nSPS) is 45.9. The summed E-state index contributed by atoms with van der Waals surface area (Å²) >= 11 is 0. The molecule has 0 saturated heterocycles. The van der Waals surface area contributed by atoms with E-state index in [1.54, 1.807) is 0 Å². The van der Waals surface area contributed by atoms with E-state index in [4.69, 9.17) is 10.5 Å². The number of ether oxygens (including phenoxy) is 1. The lowest BCUT2D eigenvalue weighted by molar-refractivity contribution is -0.249. The second-order valence-corrected chi connectivity index (χ2v) is 16.0. The zero-order valence-electron chi connectivity index (χ0n) is 25.5. The molecule has 4 aliphatic carbocycles. The highest BCUT2D eigenvalue weighted by molar-refractivity contribution is 5.71.